The Labute approximate surface area is 231 Å². The highest BCUT2D eigenvalue weighted by Crippen LogP contribution is 2.35. The molecule has 2 heterocycles. The molecule has 0 saturated heterocycles. The second-order valence-corrected chi connectivity index (χ2v) is 12.9. The monoisotopic (exact) mass is 575 g/mol. The average Bonchev–Trinajstić information content (AvgIpc) is 3.46. The lowest BCUT2D eigenvalue weighted by atomic mass is 10.0. The molecule has 202 valence electrons. The molecular formula is C26H30ClN5O4S2. The van der Waals surface area contributed by atoms with Crippen molar-refractivity contribution in [1.29, 1.82) is 0 Å². The molecule has 4 rings (SSSR count). The number of carbonyl (C=O) groups is 1. The van der Waals surface area contributed by atoms with Gasteiger partial charge in [0.2, 0.25) is 5.91 Å². The second kappa shape index (κ2) is 11.7. The van der Waals surface area contributed by atoms with Gasteiger partial charge in [0.25, 0.3) is 10.0 Å². The van der Waals surface area contributed by atoms with Crippen molar-refractivity contribution in [1.82, 2.24) is 15.1 Å². The minimum atomic E-state index is -3.90. The fraction of sp³-hybridized carbons (Fsp3) is 0.308. The molecule has 12 heteroatoms. The summed E-state index contributed by atoms with van der Waals surface area (Å²) in [6.07, 6.45) is 0.618. The van der Waals surface area contributed by atoms with Crippen LogP contribution < -0.4 is 20.5 Å². The summed E-state index contributed by atoms with van der Waals surface area (Å²) >= 11 is 6.91. The van der Waals surface area contributed by atoms with Crippen molar-refractivity contribution in [2.24, 2.45) is 11.7 Å². The van der Waals surface area contributed by atoms with Crippen LogP contribution in [0.5, 0.6) is 5.75 Å². The van der Waals surface area contributed by atoms with Crippen molar-refractivity contribution < 1.29 is 17.9 Å². The van der Waals surface area contributed by atoms with E-state index in [0.29, 0.717) is 46.4 Å². The molecule has 0 aliphatic rings. The molecule has 0 bridgehead atoms. The maximum atomic E-state index is 13.0. The van der Waals surface area contributed by atoms with Crippen LogP contribution in [0.4, 0.5) is 5.82 Å². The number of nitrogens with two attached hydrogens (primary N) is 1. The standard InChI is InChI=1S/C26H30ClN5O4S2/c1-16(2)12-19(28)26(33)29-14-17-6-4-7-18(13-17)15-32-20-8-5-9-21(36-3)24(20)25(30-32)31-38(34,35)23-11-10-22(27)37-23/h4-11,13,16,19H,12,14-15,28H2,1-3H3,(H,29,33)(H,30,31)/t19-/m0/s1. The van der Waals surface area contributed by atoms with E-state index in [1.165, 1.54) is 19.2 Å². The molecule has 0 radical (unpaired) electrons. The zero-order chi connectivity index (χ0) is 27.4. The molecule has 2 aromatic heterocycles. The topological polar surface area (TPSA) is 128 Å². The molecule has 4 N–H and O–H groups in total. The number of anilines is 1. The van der Waals surface area contributed by atoms with Gasteiger partial charge in [-0.05, 0) is 47.7 Å². The number of benzene rings is 2. The lowest BCUT2D eigenvalue weighted by Gasteiger charge is -2.14. The number of thiophene rings is 1. The average molecular weight is 576 g/mol. The van der Waals surface area contributed by atoms with Crippen LogP contribution in [0.3, 0.4) is 0 Å². The Morgan fingerprint density at radius 2 is 1.89 bits per heavy atom. The van der Waals surface area contributed by atoms with Crippen molar-refractivity contribution in [3.05, 3.63) is 70.1 Å². The third-order valence-electron chi connectivity index (χ3n) is 5.86. The molecule has 0 spiro atoms. The van der Waals surface area contributed by atoms with Crippen molar-refractivity contribution in [3.63, 3.8) is 0 Å². The molecule has 0 aliphatic carbocycles. The molecule has 0 fully saturated rings. The number of ether oxygens (including phenoxy) is 1. The van der Waals surface area contributed by atoms with Gasteiger partial charge in [0, 0.05) is 6.54 Å². The number of nitrogens with one attached hydrogen (secondary N) is 2. The smallest absolute Gasteiger partial charge is 0.272 e. The van der Waals surface area contributed by atoms with E-state index in [4.69, 9.17) is 22.1 Å². The van der Waals surface area contributed by atoms with Gasteiger partial charge in [0.15, 0.2) is 5.82 Å². The highest BCUT2D eigenvalue weighted by Gasteiger charge is 2.23. The molecule has 0 unspecified atom stereocenters. The Bertz CT molecular complexity index is 1550. The highest BCUT2D eigenvalue weighted by molar-refractivity contribution is 7.94. The summed E-state index contributed by atoms with van der Waals surface area (Å²) in [6.45, 7) is 4.77. The summed E-state index contributed by atoms with van der Waals surface area (Å²) in [6, 6.07) is 15.6. The Hall–Kier alpha value is -3.12. The van der Waals surface area contributed by atoms with Gasteiger partial charge >= 0.3 is 0 Å². The van der Waals surface area contributed by atoms with Crippen LogP contribution in [0.1, 0.15) is 31.4 Å². The van der Waals surface area contributed by atoms with Crippen molar-refractivity contribution >= 4 is 55.6 Å². The Balaban J connectivity index is 1.59. The van der Waals surface area contributed by atoms with Crippen LogP contribution in [0, 0.1) is 5.92 Å². The van der Waals surface area contributed by atoms with Crippen molar-refractivity contribution in [2.75, 3.05) is 11.8 Å². The van der Waals surface area contributed by atoms with E-state index in [1.54, 1.807) is 10.7 Å². The molecule has 38 heavy (non-hydrogen) atoms. The summed E-state index contributed by atoms with van der Waals surface area (Å²) in [4.78, 5) is 12.3. The third-order valence-corrected chi connectivity index (χ3v) is 8.92. The molecule has 2 aromatic carbocycles. The summed E-state index contributed by atoms with van der Waals surface area (Å²) < 4.78 is 36.3. The summed E-state index contributed by atoms with van der Waals surface area (Å²) in [5.41, 5.74) is 8.53. The minimum Gasteiger partial charge on any atom is -0.496 e. The van der Waals surface area contributed by atoms with Crippen LogP contribution in [0.2, 0.25) is 4.34 Å². The summed E-state index contributed by atoms with van der Waals surface area (Å²) in [7, 11) is -2.38. The molecular weight excluding hydrogens is 546 g/mol. The number of halogens is 1. The van der Waals surface area contributed by atoms with Gasteiger partial charge in [-0.1, -0.05) is 55.8 Å². The van der Waals surface area contributed by atoms with Gasteiger partial charge in [-0.2, -0.15) is 5.10 Å². The number of fused-ring (bicyclic) bond motifs is 1. The first kappa shape index (κ1) is 27.9. The summed E-state index contributed by atoms with van der Waals surface area (Å²) in [5, 5.41) is 8.04. The maximum Gasteiger partial charge on any atom is 0.272 e. The van der Waals surface area contributed by atoms with Gasteiger partial charge < -0.3 is 15.8 Å². The summed E-state index contributed by atoms with van der Waals surface area (Å²) in [5.74, 6) is 0.798. The van der Waals surface area contributed by atoms with E-state index in [9.17, 15) is 13.2 Å². The first-order valence-electron chi connectivity index (χ1n) is 12.0. The number of nitrogens with zero attached hydrogens (tertiary/aromatic N) is 2. The second-order valence-electron chi connectivity index (χ2n) is 9.30. The predicted molar refractivity (Wildman–Crippen MR) is 151 cm³/mol. The van der Waals surface area contributed by atoms with Crippen LogP contribution in [0.25, 0.3) is 10.9 Å². The largest absolute Gasteiger partial charge is 0.496 e. The van der Waals surface area contributed by atoms with E-state index in [0.717, 1.165) is 22.5 Å². The van der Waals surface area contributed by atoms with Crippen molar-refractivity contribution in [2.45, 2.75) is 43.6 Å². The van der Waals surface area contributed by atoms with E-state index in [1.807, 2.05) is 50.2 Å². The zero-order valence-electron chi connectivity index (χ0n) is 21.3. The normalized spacial score (nSPS) is 12.6. The molecule has 0 saturated carbocycles. The number of methoxy groups -OCH3 is 1. The number of carbonyl (C=O) groups excluding carboxylic acids is 1. The van der Waals surface area contributed by atoms with Crippen LogP contribution in [0.15, 0.2) is 58.8 Å². The number of hydrogen-bond acceptors (Lipinski definition) is 7. The molecule has 1 amide bonds. The molecule has 0 aliphatic heterocycles. The van der Waals surface area contributed by atoms with Gasteiger partial charge in [0.05, 0.1) is 34.9 Å². The molecule has 1 atom stereocenters. The van der Waals surface area contributed by atoms with Crippen molar-refractivity contribution in [3.8, 4) is 5.75 Å². The Morgan fingerprint density at radius 3 is 2.58 bits per heavy atom. The van der Waals surface area contributed by atoms with E-state index < -0.39 is 16.1 Å². The van der Waals surface area contributed by atoms with Gasteiger partial charge in [-0.3, -0.25) is 14.2 Å². The molecule has 4 aromatic rings. The molecule has 9 nitrogen and oxygen atoms in total. The number of sulfonamides is 1. The van der Waals surface area contributed by atoms with Gasteiger partial charge in [-0.15, -0.1) is 11.3 Å². The van der Waals surface area contributed by atoms with Crippen LogP contribution >= 0.6 is 22.9 Å². The van der Waals surface area contributed by atoms with E-state index >= 15 is 0 Å². The lowest BCUT2D eigenvalue weighted by molar-refractivity contribution is -0.122. The SMILES string of the molecule is COc1cccc2c1c(NS(=O)(=O)c1ccc(Cl)s1)nn2Cc1cccc(CNC(=O)[C@@H](N)CC(C)C)c1. The number of aromatic nitrogens is 2. The highest BCUT2D eigenvalue weighted by atomic mass is 35.5. The maximum absolute atomic E-state index is 13.0. The van der Waals surface area contributed by atoms with Crippen LogP contribution in [-0.4, -0.2) is 37.3 Å². The lowest BCUT2D eigenvalue weighted by Crippen LogP contribution is -2.41. The number of hydrogen-bond donors (Lipinski definition) is 3. The Morgan fingerprint density at radius 1 is 1.16 bits per heavy atom. The predicted octanol–water partition coefficient (Wildman–Crippen LogP) is 4.60. The van der Waals surface area contributed by atoms with Crippen LogP contribution in [-0.2, 0) is 27.9 Å². The first-order valence-corrected chi connectivity index (χ1v) is 14.7. The quantitative estimate of drug-likeness (QED) is 0.240. The van der Waals surface area contributed by atoms with Gasteiger partial charge in [0.1, 0.15) is 9.96 Å². The zero-order valence-corrected chi connectivity index (χ0v) is 23.7. The fourth-order valence-corrected chi connectivity index (χ4v) is 6.62. The first-order chi connectivity index (χ1) is 18.1. The van der Waals surface area contributed by atoms with E-state index in [2.05, 4.69) is 15.1 Å². The number of rotatable bonds is 11. The van der Waals surface area contributed by atoms with Gasteiger partial charge in [-0.25, -0.2) is 8.42 Å². The fourth-order valence-electron chi connectivity index (χ4n) is 4.13. The minimum absolute atomic E-state index is 0.0861. The van der Waals surface area contributed by atoms with E-state index in [-0.39, 0.29) is 15.9 Å². The third kappa shape index (κ3) is 6.47. The Kier molecular flexibility index (Phi) is 8.61. The number of amides is 1.